The summed E-state index contributed by atoms with van der Waals surface area (Å²) in [6, 6.07) is 18.5. The van der Waals surface area contributed by atoms with Crippen molar-refractivity contribution >= 4 is 11.6 Å². The van der Waals surface area contributed by atoms with Gasteiger partial charge in [-0.2, -0.15) is 0 Å². The topological polar surface area (TPSA) is 61.1 Å². The summed E-state index contributed by atoms with van der Waals surface area (Å²) in [4.78, 5) is 37.6. The van der Waals surface area contributed by atoms with Crippen molar-refractivity contribution in [2.24, 2.45) is 0 Å². The molecule has 25 heavy (non-hydrogen) atoms. The van der Waals surface area contributed by atoms with E-state index >= 15 is 0 Å². The number of hydrogen-bond acceptors (Lipinski definition) is 3. The first-order valence-electron chi connectivity index (χ1n) is 7.89. The molecule has 4 rings (SSSR count). The van der Waals surface area contributed by atoms with Gasteiger partial charge in [0.1, 0.15) is 11.3 Å². The molecular formula is C20H14N2O3. The maximum Gasteiger partial charge on any atom is 0.283 e. The zero-order valence-corrected chi connectivity index (χ0v) is 13.3. The van der Waals surface area contributed by atoms with Gasteiger partial charge >= 0.3 is 0 Å². The van der Waals surface area contributed by atoms with Crippen molar-refractivity contribution in [1.82, 2.24) is 9.36 Å². The lowest BCUT2D eigenvalue weighted by Crippen LogP contribution is -2.23. The van der Waals surface area contributed by atoms with Gasteiger partial charge in [0.05, 0.1) is 12.2 Å². The normalized spacial score (nSPS) is 13.1. The Morgan fingerprint density at radius 2 is 1.32 bits per heavy atom. The van der Waals surface area contributed by atoms with Crippen LogP contribution >= 0.6 is 0 Å². The summed E-state index contributed by atoms with van der Waals surface area (Å²) < 4.78 is 2.99. The van der Waals surface area contributed by atoms with E-state index in [0.717, 1.165) is 11.6 Å². The number of carbonyl (C=O) groups excluding carboxylic acids is 2. The summed E-state index contributed by atoms with van der Waals surface area (Å²) in [6.45, 7) is 0.313. The van der Waals surface area contributed by atoms with Crippen molar-refractivity contribution in [3.05, 3.63) is 100.0 Å². The molecule has 1 aromatic heterocycles. The zero-order chi connectivity index (χ0) is 17.4. The molecule has 0 unspecified atom stereocenters. The van der Waals surface area contributed by atoms with Crippen LogP contribution in [0.5, 0.6) is 0 Å². The molecule has 0 bridgehead atoms. The van der Waals surface area contributed by atoms with Gasteiger partial charge in [0.2, 0.25) is 5.78 Å². The zero-order valence-electron chi connectivity index (χ0n) is 13.3. The van der Waals surface area contributed by atoms with Gasteiger partial charge in [-0.1, -0.05) is 48.5 Å². The molecule has 5 nitrogen and oxygen atoms in total. The Bertz CT molecular complexity index is 1060. The smallest absolute Gasteiger partial charge is 0.283 e. The van der Waals surface area contributed by atoms with Gasteiger partial charge in [-0.3, -0.25) is 19.1 Å². The van der Waals surface area contributed by atoms with Gasteiger partial charge in [0.25, 0.3) is 5.56 Å². The van der Waals surface area contributed by atoms with Crippen molar-refractivity contribution in [3.8, 4) is 5.69 Å². The number of hydrogen-bond donors (Lipinski definition) is 0. The average molecular weight is 330 g/mol. The second-order valence-electron chi connectivity index (χ2n) is 5.78. The highest BCUT2D eigenvalue weighted by Gasteiger charge is 2.31. The van der Waals surface area contributed by atoms with E-state index in [1.165, 1.54) is 10.8 Å². The summed E-state index contributed by atoms with van der Waals surface area (Å²) in [6.07, 6.45) is 2.38. The van der Waals surface area contributed by atoms with Crippen molar-refractivity contribution < 1.29 is 9.59 Å². The van der Waals surface area contributed by atoms with E-state index in [-0.39, 0.29) is 17.0 Å². The Morgan fingerprint density at radius 3 is 2.00 bits per heavy atom. The first kappa shape index (κ1) is 15.1. The summed E-state index contributed by atoms with van der Waals surface area (Å²) in [5.41, 5.74) is 1.15. The van der Waals surface area contributed by atoms with Crippen LogP contribution in [-0.2, 0) is 6.54 Å². The minimum atomic E-state index is -0.472. The quantitative estimate of drug-likeness (QED) is 0.742. The van der Waals surface area contributed by atoms with Crippen molar-refractivity contribution in [1.29, 1.82) is 0 Å². The Balaban J connectivity index is 2.01. The largest absolute Gasteiger partial charge is 0.289 e. The van der Waals surface area contributed by atoms with Crippen molar-refractivity contribution in [2.45, 2.75) is 6.54 Å². The van der Waals surface area contributed by atoms with E-state index in [1.807, 2.05) is 48.5 Å². The van der Waals surface area contributed by atoms with Gasteiger partial charge in [-0.15, -0.1) is 0 Å². The molecule has 122 valence electrons. The van der Waals surface area contributed by atoms with Crippen LogP contribution in [0.25, 0.3) is 5.69 Å². The Morgan fingerprint density at radius 1 is 0.720 bits per heavy atom. The van der Waals surface area contributed by atoms with Crippen molar-refractivity contribution in [3.63, 3.8) is 0 Å². The van der Waals surface area contributed by atoms with E-state index in [9.17, 15) is 14.4 Å². The van der Waals surface area contributed by atoms with E-state index in [2.05, 4.69) is 0 Å². The van der Waals surface area contributed by atoms with E-state index in [1.54, 1.807) is 16.8 Å². The second kappa shape index (κ2) is 5.87. The highest BCUT2D eigenvalue weighted by atomic mass is 16.2. The van der Waals surface area contributed by atoms with Crippen LogP contribution < -0.4 is 5.56 Å². The fraction of sp³-hybridized carbons (Fsp3) is 0.0500. The molecule has 0 saturated carbocycles. The number of fused-ring (bicyclic) bond motifs is 1. The highest BCUT2D eigenvalue weighted by Crippen LogP contribution is 2.19. The molecule has 0 N–H and O–H groups in total. The number of para-hydroxylation sites is 1. The maximum absolute atomic E-state index is 12.9. The molecule has 0 spiro atoms. The molecule has 0 aliphatic heterocycles. The number of aromatic nitrogens is 2. The van der Waals surface area contributed by atoms with Crippen LogP contribution in [0.3, 0.4) is 0 Å². The molecule has 1 aliphatic rings. The highest BCUT2D eigenvalue weighted by molar-refractivity contribution is 6.21. The van der Waals surface area contributed by atoms with E-state index in [0.29, 0.717) is 12.2 Å². The summed E-state index contributed by atoms with van der Waals surface area (Å²) in [5.74, 6) is -0.770. The lowest BCUT2D eigenvalue weighted by atomic mass is 10.0. The molecular weight excluding hydrogens is 316 g/mol. The molecule has 0 saturated heterocycles. The molecule has 0 fully saturated rings. The summed E-state index contributed by atoms with van der Waals surface area (Å²) in [7, 11) is 0. The van der Waals surface area contributed by atoms with Crippen LogP contribution in [0.15, 0.2) is 77.6 Å². The molecule has 0 radical (unpaired) electrons. The summed E-state index contributed by atoms with van der Waals surface area (Å²) in [5, 5.41) is 0. The first-order chi connectivity index (χ1) is 12.2. The number of allylic oxidation sites excluding steroid dienone is 2. The molecule has 0 atom stereocenters. The number of rotatable bonds is 3. The number of benzene rings is 2. The molecule has 2 aromatic carbocycles. The third kappa shape index (κ3) is 2.46. The van der Waals surface area contributed by atoms with E-state index in [4.69, 9.17) is 0 Å². The molecule has 3 aromatic rings. The Labute approximate surface area is 143 Å². The summed E-state index contributed by atoms with van der Waals surface area (Å²) >= 11 is 0. The van der Waals surface area contributed by atoms with Gasteiger partial charge in [-0.25, -0.2) is 4.68 Å². The third-order valence-electron chi connectivity index (χ3n) is 4.18. The van der Waals surface area contributed by atoms with Gasteiger partial charge < -0.3 is 0 Å². The lowest BCUT2D eigenvalue weighted by molar-refractivity contribution is 0.0987. The molecule has 1 aliphatic carbocycles. The van der Waals surface area contributed by atoms with Crippen LogP contribution in [0.2, 0.25) is 0 Å². The fourth-order valence-electron chi connectivity index (χ4n) is 3.06. The number of ketones is 2. The molecule has 1 heterocycles. The first-order valence-corrected chi connectivity index (χ1v) is 7.89. The second-order valence-corrected chi connectivity index (χ2v) is 5.78. The third-order valence-corrected chi connectivity index (χ3v) is 4.18. The molecule has 0 amide bonds. The predicted molar refractivity (Wildman–Crippen MR) is 93.4 cm³/mol. The van der Waals surface area contributed by atoms with Crippen LogP contribution in [0.4, 0.5) is 0 Å². The minimum absolute atomic E-state index is 0.0627. The fourth-order valence-corrected chi connectivity index (χ4v) is 3.06. The lowest BCUT2D eigenvalue weighted by Gasteiger charge is -2.15. The SMILES string of the molecule is O=C1C=CC(=O)c2c1c(=O)n(-c1ccccc1)n2Cc1ccccc1. The van der Waals surface area contributed by atoms with Gasteiger partial charge in [0, 0.05) is 0 Å². The van der Waals surface area contributed by atoms with Crippen molar-refractivity contribution in [2.75, 3.05) is 0 Å². The van der Waals surface area contributed by atoms with Crippen LogP contribution in [0, 0.1) is 0 Å². The number of nitrogens with zero attached hydrogens (tertiary/aromatic N) is 2. The minimum Gasteiger partial charge on any atom is -0.289 e. The Hall–Kier alpha value is -3.47. The van der Waals surface area contributed by atoms with Gasteiger partial charge in [0.15, 0.2) is 5.78 Å². The van der Waals surface area contributed by atoms with Crippen LogP contribution in [-0.4, -0.2) is 20.9 Å². The van der Waals surface area contributed by atoms with E-state index < -0.39 is 11.3 Å². The number of carbonyl (C=O) groups is 2. The molecule has 5 heteroatoms. The maximum atomic E-state index is 12.9. The monoisotopic (exact) mass is 330 g/mol. The average Bonchev–Trinajstić information content (AvgIpc) is 2.93. The standard InChI is InChI=1S/C20H14N2O3/c23-16-11-12-17(24)19-18(16)20(25)22(15-9-5-2-6-10-15)21(19)13-14-7-3-1-4-8-14/h1-12H,13H2. The van der Waals surface area contributed by atoms with Gasteiger partial charge in [-0.05, 0) is 29.8 Å². The van der Waals surface area contributed by atoms with Crippen LogP contribution in [0.1, 0.15) is 26.4 Å². The predicted octanol–water partition coefficient (Wildman–Crippen LogP) is 2.62. The Kier molecular flexibility index (Phi) is 3.54.